The highest BCUT2D eigenvalue weighted by Crippen LogP contribution is 2.02. The van der Waals surface area contributed by atoms with Crippen LogP contribution in [0.15, 0.2) is 0 Å². The Morgan fingerprint density at radius 2 is 1.68 bits per heavy atom. The van der Waals surface area contributed by atoms with Crippen molar-refractivity contribution in [2.24, 2.45) is 17.2 Å². The standard InChI is InChI=1S/C14H27N5O6/c1-7(20)11(19-12(22)8(16)4-2-3-5-15)13(23)18-9(14(24)25)6-10(17)21/h7-9,11,20H,2-6,15-16H2,1H3,(H2,17,21)(H,18,23)(H,19,22)(H,24,25). The number of primary amides is 1. The summed E-state index contributed by atoms with van der Waals surface area (Å²) in [6.07, 6.45) is -0.287. The van der Waals surface area contributed by atoms with Crippen LogP contribution >= 0.6 is 0 Å². The molecule has 0 saturated carbocycles. The van der Waals surface area contributed by atoms with E-state index in [-0.39, 0.29) is 0 Å². The number of aliphatic hydroxyl groups is 1. The Kier molecular flexibility index (Phi) is 10.3. The van der Waals surface area contributed by atoms with Crippen LogP contribution < -0.4 is 27.8 Å². The zero-order valence-electron chi connectivity index (χ0n) is 14.1. The fraction of sp³-hybridized carbons (Fsp3) is 0.714. The molecular weight excluding hydrogens is 334 g/mol. The first-order valence-electron chi connectivity index (χ1n) is 7.85. The Morgan fingerprint density at radius 3 is 2.12 bits per heavy atom. The molecule has 0 spiro atoms. The Labute approximate surface area is 145 Å². The van der Waals surface area contributed by atoms with Crippen LogP contribution in [0.2, 0.25) is 0 Å². The lowest BCUT2D eigenvalue weighted by Crippen LogP contribution is -2.58. The lowest BCUT2D eigenvalue weighted by Gasteiger charge is -2.24. The lowest BCUT2D eigenvalue weighted by atomic mass is 10.1. The molecule has 0 bridgehead atoms. The third-order valence-electron chi connectivity index (χ3n) is 3.39. The van der Waals surface area contributed by atoms with Gasteiger partial charge in [-0.15, -0.1) is 0 Å². The van der Waals surface area contributed by atoms with Crippen LogP contribution in [0.5, 0.6) is 0 Å². The quantitative estimate of drug-likeness (QED) is 0.175. The van der Waals surface area contributed by atoms with Crippen molar-refractivity contribution in [2.45, 2.75) is 56.8 Å². The fourth-order valence-electron chi connectivity index (χ4n) is 1.97. The zero-order valence-corrected chi connectivity index (χ0v) is 14.1. The van der Waals surface area contributed by atoms with Crippen molar-refractivity contribution in [2.75, 3.05) is 6.54 Å². The molecule has 0 aromatic rings. The summed E-state index contributed by atoms with van der Waals surface area (Å²) in [6, 6.07) is -3.90. The predicted octanol–water partition coefficient (Wildman–Crippen LogP) is -3.25. The van der Waals surface area contributed by atoms with Gasteiger partial charge in [-0.2, -0.15) is 0 Å². The molecule has 0 saturated heterocycles. The first-order valence-corrected chi connectivity index (χ1v) is 7.85. The van der Waals surface area contributed by atoms with Crippen LogP contribution in [0, 0.1) is 0 Å². The number of carbonyl (C=O) groups excluding carboxylic acids is 3. The van der Waals surface area contributed by atoms with Crippen molar-refractivity contribution in [1.82, 2.24) is 10.6 Å². The monoisotopic (exact) mass is 361 g/mol. The third kappa shape index (κ3) is 8.98. The van der Waals surface area contributed by atoms with Crippen LogP contribution in [-0.2, 0) is 19.2 Å². The molecule has 4 unspecified atom stereocenters. The number of unbranched alkanes of at least 4 members (excludes halogenated alkanes) is 1. The molecule has 0 aromatic heterocycles. The van der Waals surface area contributed by atoms with Gasteiger partial charge in [-0.25, -0.2) is 4.79 Å². The van der Waals surface area contributed by atoms with Crippen LogP contribution in [-0.4, -0.2) is 64.7 Å². The Bertz CT molecular complexity index is 484. The summed E-state index contributed by atoms with van der Waals surface area (Å²) in [7, 11) is 0. The number of rotatable bonds is 12. The molecule has 11 heteroatoms. The highest BCUT2D eigenvalue weighted by Gasteiger charge is 2.31. The summed E-state index contributed by atoms with van der Waals surface area (Å²) < 4.78 is 0. The first-order chi connectivity index (χ1) is 11.6. The largest absolute Gasteiger partial charge is 0.480 e. The van der Waals surface area contributed by atoms with E-state index in [1.54, 1.807) is 0 Å². The maximum Gasteiger partial charge on any atom is 0.326 e. The maximum absolute atomic E-state index is 12.1. The van der Waals surface area contributed by atoms with Crippen molar-refractivity contribution >= 4 is 23.7 Å². The van der Waals surface area contributed by atoms with E-state index in [1.807, 2.05) is 0 Å². The number of amides is 3. The Balaban J connectivity index is 4.86. The van der Waals surface area contributed by atoms with E-state index in [9.17, 15) is 24.3 Å². The number of carbonyl (C=O) groups is 4. The normalized spacial score (nSPS) is 15.5. The molecule has 4 atom stereocenters. The minimum Gasteiger partial charge on any atom is -0.480 e. The average Bonchev–Trinajstić information content (AvgIpc) is 2.50. The van der Waals surface area contributed by atoms with Gasteiger partial charge in [0.15, 0.2) is 0 Å². The molecule has 0 heterocycles. The first kappa shape index (κ1) is 22.8. The summed E-state index contributed by atoms with van der Waals surface area (Å²) in [5.74, 6) is -4.03. The number of carboxylic acid groups (broad SMARTS) is 1. The molecule has 0 radical (unpaired) electrons. The highest BCUT2D eigenvalue weighted by atomic mass is 16.4. The van der Waals surface area contributed by atoms with Gasteiger partial charge in [0.1, 0.15) is 12.1 Å². The smallest absolute Gasteiger partial charge is 0.326 e. The Hall–Kier alpha value is -2.24. The molecule has 0 rings (SSSR count). The topological polar surface area (TPSA) is 211 Å². The second-order valence-corrected chi connectivity index (χ2v) is 5.69. The van der Waals surface area contributed by atoms with E-state index < -0.39 is 54.3 Å². The van der Waals surface area contributed by atoms with E-state index in [2.05, 4.69) is 10.6 Å². The molecule has 0 fully saturated rings. The van der Waals surface area contributed by atoms with E-state index in [4.69, 9.17) is 22.3 Å². The number of aliphatic hydroxyl groups excluding tert-OH is 1. The summed E-state index contributed by atoms with van der Waals surface area (Å²) in [6.45, 7) is 1.71. The van der Waals surface area contributed by atoms with Gasteiger partial charge >= 0.3 is 5.97 Å². The van der Waals surface area contributed by atoms with Crippen LogP contribution in [0.3, 0.4) is 0 Å². The van der Waals surface area contributed by atoms with E-state index in [0.29, 0.717) is 25.8 Å². The van der Waals surface area contributed by atoms with Crippen molar-refractivity contribution in [3.63, 3.8) is 0 Å². The summed E-state index contributed by atoms with van der Waals surface area (Å²) >= 11 is 0. The number of nitrogens with one attached hydrogen (secondary N) is 2. The molecule has 0 aliphatic heterocycles. The molecule has 0 aliphatic rings. The number of nitrogens with two attached hydrogens (primary N) is 3. The number of hydrogen-bond donors (Lipinski definition) is 7. The Morgan fingerprint density at radius 1 is 1.08 bits per heavy atom. The van der Waals surface area contributed by atoms with Crippen LogP contribution in [0.25, 0.3) is 0 Å². The van der Waals surface area contributed by atoms with Gasteiger partial charge in [-0.05, 0) is 26.3 Å². The molecule has 3 amide bonds. The van der Waals surface area contributed by atoms with Crippen LogP contribution in [0.1, 0.15) is 32.6 Å². The second kappa shape index (κ2) is 11.3. The van der Waals surface area contributed by atoms with Gasteiger partial charge in [-0.1, -0.05) is 6.42 Å². The zero-order chi connectivity index (χ0) is 19.6. The van der Waals surface area contributed by atoms with Gasteiger partial charge in [0.05, 0.1) is 18.6 Å². The minimum atomic E-state index is -1.57. The van der Waals surface area contributed by atoms with Crippen molar-refractivity contribution in [3.05, 3.63) is 0 Å². The summed E-state index contributed by atoms with van der Waals surface area (Å²) in [4.78, 5) is 46.0. The van der Waals surface area contributed by atoms with Gasteiger partial charge in [0, 0.05) is 0 Å². The molecule has 0 aliphatic carbocycles. The number of aliphatic carboxylic acids is 1. The molecule has 144 valence electrons. The lowest BCUT2D eigenvalue weighted by molar-refractivity contribution is -0.144. The SMILES string of the molecule is CC(O)C(NC(=O)C(N)CCCCN)C(=O)NC(CC(N)=O)C(=O)O. The van der Waals surface area contributed by atoms with Crippen molar-refractivity contribution in [1.29, 1.82) is 0 Å². The number of hydrogen-bond acceptors (Lipinski definition) is 7. The third-order valence-corrected chi connectivity index (χ3v) is 3.39. The van der Waals surface area contributed by atoms with Crippen molar-refractivity contribution < 1.29 is 29.4 Å². The van der Waals surface area contributed by atoms with E-state index in [1.165, 1.54) is 6.92 Å². The minimum absolute atomic E-state index is 0.344. The summed E-state index contributed by atoms with van der Waals surface area (Å²) in [5, 5.41) is 23.0. The second-order valence-electron chi connectivity index (χ2n) is 5.69. The molecule has 11 nitrogen and oxygen atoms in total. The van der Waals surface area contributed by atoms with E-state index >= 15 is 0 Å². The highest BCUT2D eigenvalue weighted by molar-refractivity contribution is 5.93. The predicted molar refractivity (Wildman–Crippen MR) is 87.9 cm³/mol. The molecule has 25 heavy (non-hydrogen) atoms. The van der Waals surface area contributed by atoms with Crippen molar-refractivity contribution in [3.8, 4) is 0 Å². The fourth-order valence-corrected chi connectivity index (χ4v) is 1.97. The van der Waals surface area contributed by atoms with Gasteiger partial charge in [0.2, 0.25) is 17.7 Å². The summed E-state index contributed by atoms with van der Waals surface area (Å²) in [5.41, 5.74) is 16.0. The molecular formula is C14H27N5O6. The van der Waals surface area contributed by atoms with Gasteiger partial charge < -0.3 is 38.0 Å². The van der Waals surface area contributed by atoms with Gasteiger partial charge in [0.25, 0.3) is 0 Å². The average molecular weight is 361 g/mol. The number of carboxylic acids is 1. The van der Waals surface area contributed by atoms with E-state index in [0.717, 1.165) is 0 Å². The van der Waals surface area contributed by atoms with Gasteiger partial charge in [-0.3, -0.25) is 14.4 Å². The molecule has 0 aromatic carbocycles. The van der Waals surface area contributed by atoms with Crippen LogP contribution in [0.4, 0.5) is 0 Å². The molecule has 10 N–H and O–H groups in total. The maximum atomic E-state index is 12.1.